The van der Waals surface area contributed by atoms with E-state index in [-0.39, 0.29) is 24.4 Å². The fraction of sp³-hybridized carbons (Fsp3) is 0.389. The van der Waals surface area contributed by atoms with E-state index in [4.69, 9.17) is 0 Å². The lowest BCUT2D eigenvalue weighted by atomic mass is 10.1. The molecule has 1 aromatic rings. The zero-order valence-corrected chi connectivity index (χ0v) is 13.7. The van der Waals surface area contributed by atoms with Gasteiger partial charge in [0.1, 0.15) is 6.54 Å². The number of rotatable bonds is 5. The molecule has 2 aliphatic heterocycles. The van der Waals surface area contributed by atoms with Crippen molar-refractivity contribution < 1.29 is 14.4 Å². The minimum Gasteiger partial charge on any atom is -0.328 e. The molecule has 1 aromatic carbocycles. The Morgan fingerprint density at radius 2 is 2.00 bits per heavy atom. The lowest BCUT2D eigenvalue weighted by Crippen LogP contribution is -2.36. The van der Waals surface area contributed by atoms with Gasteiger partial charge < -0.3 is 4.90 Å². The van der Waals surface area contributed by atoms with Crippen LogP contribution >= 0.6 is 0 Å². The van der Waals surface area contributed by atoms with Crippen molar-refractivity contribution in [2.45, 2.75) is 32.2 Å². The molecular formula is C18H21N3O3. The quantitative estimate of drug-likeness (QED) is 0.666. The third kappa shape index (κ3) is 3.18. The molecule has 1 saturated heterocycles. The van der Waals surface area contributed by atoms with Crippen molar-refractivity contribution in [2.24, 2.45) is 0 Å². The van der Waals surface area contributed by atoms with Gasteiger partial charge in [0, 0.05) is 17.8 Å². The molecule has 126 valence electrons. The predicted molar refractivity (Wildman–Crippen MR) is 90.8 cm³/mol. The summed E-state index contributed by atoms with van der Waals surface area (Å²) in [7, 11) is 0. The van der Waals surface area contributed by atoms with Gasteiger partial charge >= 0.3 is 6.03 Å². The molecular weight excluding hydrogens is 306 g/mol. The maximum Gasteiger partial charge on any atom is 0.329 e. The highest BCUT2D eigenvalue weighted by molar-refractivity contribution is 6.12. The number of benzene rings is 1. The summed E-state index contributed by atoms with van der Waals surface area (Å²) in [5.74, 6) is -0.323. The van der Waals surface area contributed by atoms with Gasteiger partial charge in [0.05, 0.1) is 6.04 Å². The highest BCUT2D eigenvalue weighted by Crippen LogP contribution is 2.22. The normalized spacial score (nSPS) is 20.0. The van der Waals surface area contributed by atoms with E-state index in [1.54, 1.807) is 24.3 Å². The Morgan fingerprint density at radius 3 is 2.62 bits per heavy atom. The van der Waals surface area contributed by atoms with Crippen LogP contribution in [-0.2, 0) is 4.79 Å². The number of carbonyl (C=O) groups is 3. The molecule has 0 bridgehead atoms. The van der Waals surface area contributed by atoms with Gasteiger partial charge in [0.2, 0.25) is 5.91 Å². The number of nitrogens with one attached hydrogen (secondary N) is 1. The number of carbonyl (C=O) groups excluding carboxylic acids is 3. The molecule has 3 rings (SSSR count). The lowest BCUT2D eigenvalue weighted by Gasteiger charge is -2.25. The Morgan fingerprint density at radius 1 is 1.25 bits per heavy atom. The van der Waals surface area contributed by atoms with Crippen LogP contribution in [0.2, 0.25) is 0 Å². The van der Waals surface area contributed by atoms with Gasteiger partial charge in [0.15, 0.2) is 0 Å². The molecule has 0 radical (unpaired) electrons. The van der Waals surface area contributed by atoms with Crippen LogP contribution in [0.15, 0.2) is 36.4 Å². The van der Waals surface area contributed by atoms with Crippen LogP contribution < -0.4 is 10.2 Å². The summed E-state index contributed by atoms with van der Waals surface area (Å²) in [6.45, 7) is 2.79. The van der Waals surface area contributed by atoms with Gasteiger partial charge in [-0.25, -0.2) is 4.79 Å². The Hall–Kier alpha value is -2.63. The molecule has 4 amide bonds. The van der Waals surface area contributed by atoms with E-state index < -0.39 is 6.03 Å². The number of anilines is 1. The molecule has 1 N–H and O–H groups in total. The van der Waals surface area contributed by atoms with E-state index in [2.05, 4.69) is 18.3 Å². The second-order valence-electron chi connectivity index (χ2n) is 6.08. The number of nitrogens with zero attached hydrogens (tertiary/aromatic N) is 2. The summed E-state index contributed by atoms with van der Waals surface area (Å²) < 4.78 is 0. The fourth-order valence-electron chi connectivity index (χ4n) is 3.07. The number of amides is 4. The molecule has 0 aromatic heterocycles. The van der Waals surface area contributed by atoms with Crippen LogP contribution in [0, 0.1) is 0 Å². The molecule has 1 atom stereocenters. The van der Waals surface area contributed by atoms with E-state index in [1.165, 1.54) is 4.90 Å². The predicted octanol–water partition coefficient (Wildman–Crippen LogP) is 2.31. The number of imide groups is 1. The first-order chi connectivity index (χ1) is 11.6. The van der Waals surface area contributed by atoms with Gasteiger partial charge in [-0.2, -0.15) is 0 Å². The molecule has 0 spiro atoms. The molecule has 24 heavy (non-hydrogen) atoms. The smallest absolute Gasteiger partial charge is 0.328 e. The number of unbranched alkanes of at least 4 members (excludes halogenated alkanes) is 1. The Labute approximate surface area is 141 Å². The van der Waals surface area contributed by atoms with Gasteiger partial charge in [-0.05, 0) is 30.7 Å². The van der Waals surface area contributed by atoms with E-state index in [9.17, 15) is 14.4 Å². The lowest BCUT2D eigenvalue weighted by molar-refractivity contribution is -0.117. The topological polar surface area (TPSA) is 69.7 Å². The third-order valence-corrected chi connectivity index (χ3v) is 4.39. The zero-order valence-electron chi connectivity index (χ0n) is 13.7. The monoisotopic (exact) mass is 327 g/mol. The SMILES string of the molecule is CCCCC1C=CCN1C(=O)c1ccc(N2CC(=O)NC2=O)cc1. The molecule has 6 nitrogen and oxygen atoms in total. The van der Waals surface area contributed by atoms with Gasteiger partial charge in [-0.1, -0.05) is 31.9 Å². The second-order valence-corrected chi connectivity index (χ2v) is 6.08. The molecule has 0 saturated carbocycles. The highest BCUT2D eigenvalue weighted by Gasteiger charge is 2.29. The number of hydrogen-bond donors (Lipinski definition) is 1. The van der Waals surface area contributed by atoms with Gasteiger partial charge in [-0.15, -0.1) is 0 Å². The summed E-state index contributed by atoms with van der Waals surface area (Å²) in [5, 5.41) is 2.24. The first-order valence-electron chi connectivity index (χ1n) is 8.29. The zero-order chi connectivity index (χ0) is 17.1. The minimum atomic E-state index is -0.428. The maximum absolute atomic E-state index is 12.7. The summed E-state index contributed by atoms with van der Waals surface area (Å²) in [5.41, 5.74) is 1.20. The Kier molecular flexibility index (Phi) is 4.64. The first kappa shape index (κ1) is 16.2. The highest BCUT2D eigenvalue weighted by atomic mass is 16.2. The summed E-state index contributed by atoms with van der Waals surface area (Å²) in [6, 6.07) is 6.57. The summed E-state index contributed by atoms with van der Waals surface area (Å²) >= 11 is 0. The van der Waals surface area contributed by atoms with Crippen molar-refractivity contribution in [3.8, 4) is 0 Å². The van der Waals surface area contributed by atoms with E-state index in [0.717, 1.165) is 19.3 Å². The summed E-state index contributed by atoms with van der Waals surface area (Å²) in [6.07, 6.45) is 7.31. The molecule has 6 heteroatoms. The molecule has 2 heterocycles. The average Bonchev–Trinajstić information content (AvgIpc) is 3.18. The Bertz CT molecular complexity index is 681. The van der Waals surface area contributed by atoms with E-state index in [0.29, 0.717) is 17.8 Å². The van der Waals surface area contributed by atoms with Crippen LogP contribution in [0.5, 0.6) is 0 Å². The first-order valence-corrected chi connectivity index (χ1v) is 8.29. The van der Waals surface area contributed by atoms with Crippen molar-refractivity contribution in [3.63, 3.8) is 0 Å². The van der Waals surface area contributed by atoms with Gasteiger partial charge in [0.25, 0.3) is 5.91 Å². The second kappa shape index (κ2) is 6.86. The molecule has 1 fully saturated rings. The minimum absolute atomic E-state index is 0.00500. The van der Waals surface area contributed by atoms with Crippen molar-refractivity contribution in [1.29, 1.82) is 0 Å². The standard InChI is InChI=1S/C18H21N3O3/c1-2-3-5-14-6-4-11-20(14)17(23)13-7-9-15(10-8-13)21-12-16(22)19-18(21)24/h4,6-10,14H,2-3,5,11-12H2,1H3,(H,19,22,24). The van der Waals surface area contributed by atoms with Crippen LogP contribution in [0.25, 0.3) is 0 Å². The third-order valence-electron chi connectivity index (χ3n) is 4.39. The maximum atomic E-state index is 12.7. The van der Waals surface area contributed by atoms with Crippen LogP contribution in [0.4, 0.5) is 10.5 Å². The number of urea groups is 1. The molecule has 1 unspecified atom stereocenters. The van der Waals surface area contributed by atoms with Crippen molar-refractivity contribution in [2.75, 3.05) is 18.0 Å². The van der Waals surface area contributed by atoms with Crippen LogP contribution in [0.3, 0.4) is 0 Å². The largest absolute Gasteiger partial charge is 0.329 e. The van der Waals surface area contributed by atoms with Crippen LogP contribution in [-0.4, -0.2) is 41.9 Å². The van der Waals surface area contributed by atoms with Crippen molar-refractivity contribution in [3.05, 3.63) is 42.0 Å². The Balaban J connectivity index is 1.70. The molecule has 0 aliphatic carbocycles. The average molecular weight is 327 g/mol. The van der Waals surface area contributed by atoms with Crippen molar-refractivity contribution in [1.82, 2.24) is 10.2 Å². The van der Waals surface area contributed by atoms with E-state index in [1.807, 2.05) is 11.0 Å². The molecule has 2 aliphatic rings. The van der Waals surface area contributed by atoms with Gasteiger partial charge in [-0.3, -0.25) is 19.8 Å². The van der Waals surface area contributed by atoms with E-state index >= 15 is 0 Å². The number of hydrogen-bond acceptors (Lipinski definition) is 3. The summed E-state index contributed by atoms with van der Waals surface area (Å²) in [4.78, 5) is 38.9. The van der Waals surface area contributed by atoms with Crippen molar-refractivity contribution >= 4 is 23.5 Å². The van der Waals surface area contributed by atoms with Crippen LogP contribution in [0.1, 0.15) is 36.5 Å². The fourth-order valence-corrected chi connectivity index (χ4v) is 3.07.